The van der Waals surface area contributed by atoms with Gasteiger partial charge in [0.1, 0.15) is 11.6 Å². The molecule has 2 aromatic rings. The Morgan fingerprint density at radius 1 is 1.05 bits per heavy atom. The number of hydrogen-bond donors (Lipinski definition) is 1. The minimum absolute atomic E-state index is 0.419. The van der Waals surface area contributed by atoms with Gasteiger partial charge in [0.25, 0.3) is 0 Å². The van der Waals surface area contributed by atoms with Crippen molar-refractivity contribution in [2.45, 2.75) is 39.7 Å². The van der Waals surface area contributed by atoms with Gasteiger partial charge in [-0.2, -0.15) is 0 Å². The van der Waals surface area contributed by atoms with Crippen LogP contribution in [0.5, 0.6) is 0 Å². The van der Waals surface area contributed by atoms with Gasteiger partial charge in [0.05, 0.1) is 0 Å². The second-order valence-corrected chi connectivity index (χ2v) is 5.90. The summed E-state index contributed by atoms with van der Waals surface area (Å²) in [6.07, 6.45) is 5.80. The van der Waals surface area contributed by atoms with Crippen LogP contribution in [0.4, 0.5) is 11.8 Å². The van der Waals surface area contributed by atoms with Gasteiger partial charge in [-0.15, -0.1) is 0 Å². The van der Waals surface area contributed by atoms with E-state index < -0.39 is 0 Å². The zero-order chi connectivity index (χ0) is 15.5. The fourth-order valence-electron chi connectivity index (χ4n) is 2.76. The summed E-state index contributed by atoms with van der Waals surface area (Å²) < 4.78 is 0. The fourth-order valence-corrected chi connectivity index (χ4v) is 2.76. The molecule has 0 aliphatic carbocycles. The van der Waals surface area contributed by atoms with Gasteiger partial charge in [0.2, 0.25) is 5.95 Å². The Morgan fingerprint density at radius 2 is 1.73 bits per heavy atom. The molecule has 1 fully saturated rings. The highest BCUT2D eigenvalue weighted by Crippen LogP contribution is 2.20. The maximum atomic E-state index is 4.55. The SMILES string of the molecule is Cc1cnc(NC2CCN(c3cc(C)nc(C)n3)CC2)nc1. The third kappa shape index (κ3) is 3.50. The molecule has 0 bridgehead atoms. The van der Waals surface area contributed by atoms with E-state index >= 15 is 0 Å². The topological polar surface area (TPSA) is 66.8 Å². The van der Waals surface area contributed by atoms with Crippen LogP contribution in [0.15, 0.2) is 18.5 Å². The summed E-state index contributed by atoms with van der Waals surface area (Å²) >= 11 is 0. The quantitative estimate of drug-likeness (QED) is 0.937. The van der Waals surface area contributed by atoms with E-state index in [1.54, 1.807) is 0 Å². The molecule has 0 radical (unpaired) electrons. The van der Waals surface area contributed by atoms with Crippen molar-refractivity contribution in [1.29, 1.82) is 0 Å². The first-order valence-corrected chi connectivity index (χ1v) is 7.72. The van der Waals surface area contributed by atoms with Crippen LogP contribution in [-0.4, -0.2) is 39.1 Å². The molecule has 0 atom stereocenters. The second kappa shape index (κ2) is 6.25. The minimum Gasteiger partial charge on any atom is -0.356 e. The number of aryl methyl sites for hydroxylation is 3. The van der Waals surface area contributed by atoms with Crippen molar-refractivity contribution >= 4 is 11.8 Å². The van der Waals surface area contributed by atoms with Gasteiger partial charge >= 0.3 is 0 Å². The van der Waals surface area contributed by atoms with E-state index in [1.807, 2.05) is 33.2 Å². The van der Waals surface area contributed by atoms with E-state index in [0.29, 0.717) is 6.04 Å². The molecule has 0 spiro atoms. The highest BCUT2D eigenvalue weighted by atomic mass is 15.2. The largest absolute Gasteiger partial charge is 0.356 e. The molecule has 6 nitrogen and oxygen atoms in total. The van der Waals surface area contributed by atoms with Crippen molar-refractivity contribution in [3.05, 3.63) is 35.5 Å². The smallest absolute Gasteiger partial charge is 0.222 e. The molecule has 1 aliphatic rings. The molecular formula is C16H22N6. The van der Waals surface area contributed by atoms with E-state index in [0.717, 1.165) is 54.8 Å². The molecule has 1 saturated heterocycles. The van der Waals surface area contributed by atoms with Gasteiger partial charge < -0.3 is 10.2 Å². The summed E-state index contributed by atoms with van der Waals surface area (Å²) in [5.41, 5.74) is 2.10. The minimum atomic E-state index is 0.419. The van der Waals surface area contributed by atoms with Gasteiger partial charge in [0.15, 0.2) is 0 Å². The van der Waals surface area contributed by atoms with Crippen LogP contribution in [0.3, 0.4) is 0 Å². The van der Waals surface area contributed by atoms with Crippen LogP contribution >= 0.6 is 0 Å². The number of rotatable bonds is 3. The maximum Gasteiger partial charge on any atom is 0.222 e. The molecule has 3 rings (SSSR count). The lowest BCUT2D eigenvalue weighted by Gasteiger charge is -2.33. The number of piperidine rings is 1. The Hall–Kier alpha value is -2.24. The third-order valence-corrected chi connectivity index (χ3v) is 3.89. The van der Waals surface area contributed by atoms with Crippen molar-refractivity contribution < 1.29 is 0 Å². The van der Waals surface area contributed by atoms with Crippen LogP contribution in [0.1, 0.15) is 29.9 Å². The van der Waals surface area contributed by atoms with Crippen LogP contribution in [-0.2, 0) is 0 Å². The molecule has 0 unspecified atom stereocenters. The molecular weight excluding hydrogens is 276 g/mol. The van der Waals surface area contributed by atoms with E-state index in [2.05, 4.69) is 36.2 Å². The lowest BCUT2D eigenvalue weighted by molar-refractivity contribution is 0.520. The average molecular weight is 298 g/mol. The number of nitrogens with zero attached hydrogens (tertiary/aromatic N) is 5. The molecule has 22 heavy (non-hydrogen) atoms. The van der Waals surface area contributed by atoms with E-state index in [4.69, 9.17) is 0 Å². The second-order valence-electron chi connectivity index (χ2n) is 5.90. The molecule has 0 amide bonds. The summed E-state index contributed by atoms with van der Waals surface area (Å²) in [6.45, 7) is 7.92. The van der Waals surface area contributed by atoms with Gasteiger partial charge in [0, 0.05) is 43.3 Å². The highest BCUT2D eigenvalue weighted by Gasteiger charge is 2.21. The molecule has 1 aliphatic heterocycles. The first-order valence-electron chi connectivity index (χ1n) is 7.72. The highest BCUT2D eigenvalue weighted by molar-refractivity contribution is 5.40. The predicted octanol–water partition coefficient (Wildman–Crippen LogP) is 2.27. The Kier molecular flexibility index (Phi) is 4.18. The monoisotopic (exact) mass is 298 g/mol. The molecule has 0 saturated carbocycles. The summed E-state index contributed by atoms with van der Waals surface area (Å²) in [5.74, 6) is 2.59. The van der Waals surface area contributed by atoms with Crippen molar-refractivity contribution in [3.8, 4) is 0 Å². The number of nitrogens with one attached hydrogen (secondary N) is 1. The van der Waals surface area contributed by atoms with Crippen molar-refractivity contribution in [1.82, 2.24) is 19.9 Å². The molecule has 1 N–H and O–H groups in total. The van der Waals surface area contributed by atoms with Crippen molar-refractivity contribution in [3.63, 3.8) is 0 Å². The van der Waals surface area contributed by atoms with Crippen molar-refractivity contribution in [2.24, 2.45) is 0 Å². The summed E-state index contributed by atoms with van der Waals surface area (Å²) in [5, 5.41) is 3.42. The third-order valence-electron chi connectivity index (χ3n) is 3.89. The first-order chi connectivity index (χ1) is 10.6. The fraction of sp³-hybridized carbons (Fsp3) is 0.500. The maximum absolute atomic E-state index is 4.55. The zero-order valence-corrected chi connectivity index (χ0v) is 13.4. The molecule has 116 valence electrons. The van der Waals surface area contributed by atoms with Crippen molar-refractivity contribution in [2.75, 3.05) is 23.3 Å². The first kappa shape index (κ1) is 14.7. The van der Waals surface area contributed by atoms with Gasteiger partial charge in [-0.1, -0.05) is 0 Å². The lowest BCUT2D eigenvalue weighted by atomic mass is 10.1. The van der Waals surface area contributed by atoms with Crippen LogP contribution < -0.4 is 10.2 Å². The summed E-state index contributed by atoms with van der Waals surface area (Å²) in [6, 6.07) is 2.48. The van der Waals surface area contributed by atoms with Gasteiger partial charge in [-0.05, 0) is 39.2 Å². The number of anilines is 2. The van der Waals surface area contributed by atoms with E-state index in [9.17, 15) is 0 Å². The molecule has 2 aromatic heterocycles. The molecule has 3 heterocycles. The van der Waals surface area contributed by atoms with Gasteiger partial charge in [-0.3, -0.25) is 0 Å². The molecule has 6 heteroatoms. The van der Waals surface area contributed by atoms with Crippen LogP contribution in [0.2, 0.25) is 0 Å². The Bertz CT molecular complexity index is 611. The van der Waals surface area contributed by atoms with E-state index in [1.165, 1.54) is 0 Å². The Labute approximate surface area is 131 Å². The predicted molar refractivity (Wildman–Crippen MR) is 87.1 cm³/mol. The zero-order valence-electron chi connectivity index (χ0n) is 13.4. The van der Waals surface area contributed by atoms with Crippen LogP contribution in [0.25, 0.3) is 0 Å². The molecule has 0 aromatic carbocycles. The van der Waals surface area contributed by atoms with Crippen LogP contribution in [0, 0.1) is 20.8 Å². The normalized spacial score (nSPS) is 15.9. The Balaban J connectivity index is 1.59. The average Bonchev–Trinajstić information content (AvgIpc) is 2.49. The summed E-state index contributed by atoms with van der Waals surface area (Å²) in [4.78, 5) is 19.8. The number of aromatic nitrogens is 4. The summed E-state index contributed by atoms with van der Waals surface area (Å²) in [7, 11) is 0. The standard InChI is InChI=1S/C16H22N6/c1-11-9-17-16(18-10-11)21-14-4-6-22(7-5-14)15-8-12(2)19-13(3)20-15/h8-10,14H,4-7H2,1-3H3,(H,17,18,21). The lowest BCUT2D eigenvalue weighted by Crippen LogP contribution is -2.40. The van der Waals surface area contributed by atoms with E-state index in [-0.39, 0.29) is 0 Å². The number of hydrogen-bond acceptors (Lipinski definition) is 6. The Morgan fingerprint density at radius 3 is 2.36 bits per heavy atom. The van der Waals surface area contributed by atoms with Gasteiger partial charge in [-0.25, -0.2) is 19.9 Å².